The number of hydrogen-bond acceptors (Lipinski definition) is 6. The van der Waals surface area contributed by atoms with Crippen LogP contribution in [-0.4, -0.2) is 33.8 Å². The van der Waals surface area contributed by atoms with E-state index >= 15 is 0 Å². The van der Waals surface area contributed by atoms with Gasteiger partial charge in [0, 0.05) is 32.4 Å². The highest BCUT2D eigenvalue weighted by Crippen LogP contribution is 2.22. The molecular formula is C25H29N3O5S. The zero-order chi connectivity index (χ0) is 24.6. The summed E-state index contributed by atoms with van der Waals surface area (Å²) < 4.78 is 30.7. The van der Waals surface area contributed by atoms with Crippen molar-refractivity contribution >= 4 is 21.6 Å². The maximum Gasteiger partial charge on any atom is 0.319 e. The van der Waals surface area contributed by atoms with Crippen LogP contribution in [-0.2, 0) is 35.2 Å². The molecular weight excluding hydrogens is 454 g/mol. The maximum atomic E-state index is 12.8. The van der Waals surface area contributed by atoms with Crippen molar-refractivity contribution in [2.75, 3.05) is 19.5 Å². The first-order valence-electron chi connectivity index (χ1n) is 10.7. The van der Waals surface area contributed by atoms with Gasteiger partial charge in [0.2, 0.25) is 0 Å². The Morgan fingerprint density at radius 3 is 2.26 bits per heavy atom. The van der Waals surface area contributed by atoms with Gasteiger partial charge in [0.15, 0.2) is 9.84 Å². The van der Waals surface area contributed by atoms with E-state index in [9.17, 15) is 13.2 Å². The van der Waals surface area contributed by atoms with Crippen molar-refractivity contribution in [1.29, 1.82) is 0 Å². The molecule has 180 valence electrons. The summed E-state index contributed by atoms with van der Waals surface area (Å²) in [6.45, 7) is 1.95. The Kier molecular flexibility index (Phi) is 8.64. The Labute approximate surface area is 199 Å². The van der Waals surface area contributed by atoms with Crippen LogP contribution in [0.3, 0.4) is 0 Å². The summed E-state index contributed by atoms with van der Waals surface area (Å²) in [6.07, 6.45) is 0. The second-order valence-corrected chi connectivity index (χ2v) is 9.64. The number of carbonyl (C=O) groups excluding carboxylic acids is 1. The lowest BCUT2D eigenvalue weighted by Gasteiger charge is -2.10. The number of fused-ring (bicyclic) bond motifs is 1. The summed E-state index contributed by atoms with van der Waals surface area (Å²) in [7, 11) is -0.888. The minimum atomic E-state index is -3.49. The number of urea groups is 1. The summed E-state index contributed by atoms with van der Waals surface area (Å²) in [5, 5.41) is 15.7. The van der Waals surface area contributed by atoms with Crippen LogP contribution in [0.15, 0.2) is 71.6 Å². The van der Waals surface area contributed by atoms with Gasteiger partial charge >= 0.3 is 6.03 Å². The molecule has 0 aliphatic carbocycles. The first kappa shape index (κ1) is 25.2. The van der Waals surface area contributed by atoms with E-state index in [1.165, 1.54) is 17.7 Å². The third-order valence-corrected chi connectivity index (χ3v) is 7.05. The van der Waals surface area contributed by atoms with E-state index in [0.29, 0.717) is 12.2 Å². The predicted octanol–water partition coefficient (Wildman–Crippen LogP) is 3.20. The summed E-state index contributed by atoms with van der Waals surface area (Å²) >= 11 is 0. The molecule has 4 rings (SSSR count). The zero-order valence-electron chi connectivity index (χ0n) is 19.2. The minimum Gasteiger partial charge on any atom is -0.497 e. The lowest BCUT2D eigenvalue weighted by atomic mass is 10.1. The van der Waals surface area contributed by atoms with Gasteiger partial charge in [-0.05, 0) is 58.7 Å². The summed E-state index contributed by atoms with van der Waals surface area (Å²) in [4.78, 5) is 12.4. The summed E-state index contributed by atoms with van der Waals surface area (Å²) in [5.41, 5.74) is 4.59. The van der Waals surface area contributed by atoms with E-state index in [4.69, 9.17) is 9.84 Å². The smallest absolute Gasteiger partial charge is 0.319 e. The second kappa shape index (κ2) is 11.6. The normalized spacial score (nSPS) is 12.2. The van der Waals surface area contributed by atoms with Crippen molar-refractivity contribution in [3.63, 3.8) is 0 Å². The van der Waals surface area contributed by atoms with E-state index < -0.39 is 9.84 Å². The van der Waals surface area contributed by atoms with E-state index in [1.54, 1.807) is 19.2 Å². The quantitative estimate of drug-likeness (QED) is 0.410. The highest BCUT2D eigenvalue weighted by atomic mass is 32.2. The van der Waals surface area contributed by atoms with Gasteiger partial charge in [0.1, 0.15) is 5.75 Å². The molecule has 4 N–H and O–H groups in total. The highest BCUT2D eigenvalue weighted by molar-refractivity contribution is 7.90. The average Bonchev–Trinajstić information content (AvgIpc) is 3.32. The average molecular weight is 484 g/mol. The van der Waals surface area contributed by atoms with Crippen LogP contribution < -0.4 is 20.7 Å². The SMILES string of the molecule is CO.COc1ccc(CNC(=O)Nc2ccc(S(=O)(=O)Cc3ccc4c(c3)CNC4)cc2)cc1. The Hall–Kier alpha value is -3.40. The molecule has 0 radical (unpaired) electrons. The number of hydrogen-bond donors (Lipinski definition) is 4. The first-order chi connectivity index (χ1) is 16.4. The molecule has 3 aromatic carbocycles. The number of aliphatic hydroxyl groups is 1. The highest BCUT2D eigenvalue weighted by Gasteiger charge is 2.18. The van der Waals surface area contributed by atoms with Crippen LogP contribution in [0.5, 0.6) is 5.75 Å². The molecule has 1 aliphatic heterocycles. The van der Waals surface area contributed by atoms with Crippen LogP contribution in [0.25, 0.3) is 0 Å². The molecule has 0 saturated heterocycles. The number of sulfone groups is 1. The molecule has 0 atom stereocenters. The Balaban J connectivity index is 0.00000158. The molecule has 0 fully saturated rings. The monoisotopic (exact) mass is 483 g/mol. The third kappa shape index (κ3) is 6.57. The van der Waals surface area contributed by atoms with Crippen LogP contribution >= 0.6 is 0 Å². The van der Waals surface area contributed by atoms with Crippen molar-refractivity contribution in [3.8, 4) is 5.75 Å². The van der Waals surface area contributed by atoms with Crippen molar-refractivity contribution < 1.29 is 23.1 Å². The largest absolute Gasteiger partial charge is 0.497 e. The van der Waals surface area contributed by atoms with E-state index in [1.807, 2.05) is 42.5 Å². The number of nitrogens with one attached hydrogen (secondary N) is 3. The van der Waals surface area contributed by atoms with Gasteiger partial charge in [-0.1, -0.05) is 30.3 Å². The van der Waals surface area contributed by atoms with Gasteiger partial charge in [-0.3, -0.25) is 0 Å². The molecule has 8 nitrogen and oxygen atoms in total. The van der Waals surface area contributed by atoms with Gasteiger partial charge in [-0.25, -0.2) is 13.2 Å². The molecule has 0 spiro atoms. The number of anilines is 1. The molecule has 9 heteroatoms. The van der Waals surface area contributed by atoms with Gasteiger partial charge in [0.05, 0.1) is 17.8 Å². The molecule has 0 bridgehead atoms. The molecule has 2 amide bonds. The van der Waals surface area contributed by atoms with Crippen LogP contribution in [0.1, 0.15) is 22.3 Å². The molecule has 0 unspecified atom stereocenters. The molecule has 0 aromatic heterocycles. The molecule has 1 heterocycles. The number of benzene rings is 3. The van der Waals surface area contributed by atoms with Crippen LogP contribution in [0, 0.1) is 0 Å². The fourth-order valence-electron chi connectivity index (χ4n) is 3.59. The Morgan fingerprint density at radius 1 is 0.941 bits per heavy atom. The fourth-order valence-corrected chi connectivity index (χ4v) is 4.92. The van der Waals surface area contributed by atoms with E-state index in [2.05, 4.69) is 16.0 Å². The number of rotatable bonds is 7. The van der Waals surface area contributed by atoms with Gasteiger partial charge in [-0.15, -0.1) is 0 Å². The molecule has 1 aliphatic rings. The zero-order valence-corrected chi connectivity index (χ0v) is 20.0. The number of carbonyl (C=O) groups is 1. The lowest BCUT2D eigenvalue weighted by molar-refractivity contribution is 0.251. The predicted molar refractivity (Wildman–Crippen MR) is 131 cm³/mol. The Morgan fingerprint density at radius 2 is 1.59 bits per heavy atom. The van der Waals surface area contributed by atoms with Crippen molar-refractivity contribution in [1.82, 2.24) is 10.6 Å². The Bertz CT molecular complexity index is 1210. The van der Waals surface area contributed by atoms with Gasteiger partial charge in [-0.2, -0.15) is 0 Å². The number of methoxy groups -OCH3 is 1. The second-order valence-electron chi connectivity index (χ2n) is 7.65. The molecule has 0 saturated carbocycles. The number of amides is 2. The van der Waals surface area contributed by atoms with Gasteiger partial charge in [0.25, 0.3) is 0 Å². The number of aliphatic hydroxyl groups excluding tert-OH is 1. The number of ether oxygens (including phenoxy) is 1. The lowest BCUT2D eigenvalue weighted by Crippen LogP contribution is -2.28. The fraction of sp³-hybridized carbons (Fsp3) is 0.240. The van der Waals surface area contributed by atoms with Crippen molar-refractivity contribution in [3.05, 3.63) is 89.0 Å². The molecule has 3 aromatic rings. The van der Waals surface area contributed by atoms with Crippen molar-refractivity contribution in [2.45, 2.75) is 30.3 Å². The minimum absolute atomic E-state index is 0.0601. The summed E-state index contributed by atoms with van der Waals surface area (Å²) in [5.74, 6) is 0.691. The van der Waals surface area contributed by atoms with Crippen LogP contribution in [0.2, 0.25) is 0 Å². The maximum absolute atomic E-state index is 12.8. The van der Waals surface area contributed by atoms with E-state index in [-0.39, 0.29) is 16.7 Å². The van der Waals surface area contributed by atoms with Crippen molar-refractivity contribution in [2.24, 2.45) is 0 Å². The standard InChI is InChI=1S/C24H25N3O4S.CH4O/c1-31-22-8-3-17(4-9-22)13-26-24(28)27-21-6-10-23(11-7-21)32(29,30)16-18-2-5-19-14-25-15-20(19)12-18;1-2/h2-12,25H,13-16H2,1H3,(H2,26,27,28);2H,1H3. The third-order valence-electron chi connectivity index (χ3n) is 5.34. The molecule has 34 heavy (non-hydrogen) atoms. The summed E-state index contributed by atoms with van der Waals surface area (Å²) in [6, 6.07) is 19.0. The topological polar surface area (TPSA) is 117 Å². The van der Waals surface area contributed by atoms with Crippen LogP contribution in [0.4, 0.5) is 10.5 Å². The first-order valence-corrected chi connectivity index (χ1v) is 12.3. The van der Waals surface area contributed by atoms with E-state index in [0.717, 1.165) is 42.6 Å². The van der Waals surface area contributed by atoms with Gasteiger partial charge < -0.3 is 25.8 Å².